The summed E-state index contributed by atoms with van der Waals surface area (Å²) in [7, 11) is 0. The smallest absolute Gasteiger partial charge is 0.269 e. The highest BCUT2D eigenvalue weighted by molar-refractivity contribution is 5.94. The standard InChI is InChI=1S/C22H29N3O3/c1-3-24(4-2)17-9-8-12-21(18-10-6-5-7-11-18)23-22(26)19-13-15-20(16-14-19)25(27)28/h5-7,10-11,13-16,21H,3-4,8-9,12,17H2,1-2H3,(H,23,26)/t21-/m0/s1. The number of nitro groups is 1. The largest absolute Gasteiger partial charge is 0.345 e. The van der Waals surface area contributed by atoms with Crippen LogP contribution in [0.2, 0.25) is 0 Å². The monoisotopic (exact) mass is 383 g/mol. The van der Waals surface area contributed by atoms with Crippen molar-refractivity contribution in [2.75, 3.05) is 19.6 Å². The molecule has 0 spiro atoms. The molecule has 0 aliphatic heterocycles. The molecular formula is C22H29N3O3. The van der Waals surface area contributed by atoms with Crippen LogP contribution in [0.3, 0.4) is 0 Å². The van der Waals surface area contributed by atoms with E-state index in [4.69, 9.17) is 0 Å². The Kier molecular flexibility index (Phi) is 8.62. The summed E-state index contributed by atoms with van der Waals surface area (Å²) in [4.78, 5) is 25.4. The summed E-state index contributed by atoms with van der Waals surface area (Å²) >= 11 is 0. The molecule has 2 rings (SSSR count). The van der Waals surface area contributed by atoms with Gasteiger partial charge in [-0.15, -0.1) is 0 Å². The van der Waals surface area contributed by atoms with Crippen LogP contribution >= 0.6 is 0 Å². The minimum absolute atomic E-state index is 0.0208. The van der Waals surface area contributed by atoms with Crippen LogP contribution in [0.15, 0.2) is 54.6 Å². The Labute approximate surface area is 166 Å². The van der Waals surface area contributed by atoms with Crippen molar-refractivity contribution in [2.24, 2.45) is 0 Å². The Bertz CT molecular complexity index is 743. The molecule has 1 amide bonds. The Morgan fingerprint density at radius 2 is 1.68 bits per heavy atom. The summed E-state index contributed by atoms with van der Waals surface area (Å²) in [6.07, 6.45) is 2.94. The van der Waals surface area contributed by atoms with E-state index in [1.807, 2.05) is 30.3 Å². The Morgan fingerprint density at radius 1 is 1.04 bits per heavy atom. The molecule has 1 atom stereocenters. The third-order valence-corrected chi connectivity index (χ3v) is 4.96. The fourth-order valence-corrected chi connectivity index (χ4v) is 3.21. The molecule has 0 bridgehead atoms. The SMILES string of the molecule is CCN(CC)CCCC[C@H](NC(=O)c1ccc([N+](=O)[O-])cc1)c1ccccc1. The first-order valence-electron chi connectivity index (χ1n) is 9.87. The van der Waals surface area contributed by atoms with Gasteiger partial charge in [0, 0.05) is 17.7 Å². The van der Waals surface area contributed by atoms with Gasteiger partial charge in [-0.05, 0) is 56.6 Å². The number of rotatable bonds is 11. The highest BCUT2D eigenvalue weighted by Crippen LogP contribution is 2.21. The Balaban J connectivity index is 2.01. The number of benzene rings is 2. The number of hydrogen-bond donors (Lipinski definition) is 1. The van der Waals surface area contributed by atoms with Crippen molar-refractivity contribution in [3.8, 4) is 0 Å². The maximum Gasteiger partial charge on any atom is 0.269 e. The molecule has 6 heteroatoms. The molecule has 0 unspecified atom stereocenters. The van der Waals surface area contributed by atoms with Crippen LogP contribution in [0.4, 0.5) is 5.69 Å². The van der Waals surface area contributed by atoms with Gasteiger partial charge in [-0.1, -0.05) is 44.2 Å². The van der Waals surface area contributed by atoms with E-state index in [-0.39, 0.29) is 17.6 Å². The van der Waals surface area contributed by atoms with E-state index >= 15 is 0 Å². The molecule has 28 heavy (non-hydrogen) atoms. The zero-order valence-corrected chi connectivity index (χ0v) is 16.6. The molecule has 0 saturated heterocycles. The third kappa shape index (κ3) is 6.46. The molecule has 0 fully saturated rings. The first-order chi connectivity index (χ1) is 13.5. The van der Waals surface area contributed by atoms with Crippen LogP contribution in [-0.2, 0) is 0 Å². The number of hydrogen-bond acceptors (Lipinski definition) is 4. The molecule has 0 aliphatic rings. The van der Waals surface area contributed by atoms with Gasteiger partial charge in [-0.25, -0.2) is 0 Å². The first kappa shape index (κ1) is 21.6. The van der Waals surface area contributed by atoms with Gasteiger partial charge < -0.3 is 10.2 Å². The van der Waals surface area contributed by atoms with E-state index < -0.39 is 4.92 Å². The zero-order chi connectivity index (χ0) is 20.4. The number of carbonyl (C=O) groups is 1. The average Bonchev–Trinajstić information content (AvgIpc) is 2.73. The fourth-order valence-electron chi connectivity index (χ4n) is 3.21. The summed E-state index contributed by atoms with van der Waals surface area (Å²) in [5.74, 6) is -0.215. The molecule has 6 nitrogen and oxygen atoms in total. The molecule has 0 aromatic heterocycles. The third-order valence-electron chi connectivity index (χ3n) is 4.96. The minimum Gasteiger partial charge on any atom is -0.345 e. The summed E-state index contributed by atoms with van der Waals surface area (Å²) in [6, 6.07) is 15.6. The summed E-state index contributed by atoms with van der Waals surface area (Å²) in [5, 5.41) is 13.9. The van der Waals surface area contributed by atoms with Crippen LogP contribution < -0.4 is 5.32 Å². The lowest BCUT2D eigenvalue weighted by Crippen LogP contribution is -2.29. The summed E-state index contributed by atoms with van der Waals surface area (Å²) in [5.41, 5.74) is 1.47. The van der Waals surface area contributed by atoms with Crippen molar-refractivity contribution in [2.45, 2.75) is 39.2 Å². The summed E-state index contributed by atoms with van der Waals surface area (Å²) in [6.45, 7) is 7.50. The van der Waals surface area contributed by atoms with Gasteiger partial charge in [0.15, 0.2) is 0 Å². The van der Waals surface area contributed by atoms with E-state index in [1.54, 1.807) is 0 Å². The molecule has 0 heterocycles. The van der Waals surface area contributed by atoms with Gasteiger partial charge >= 0.3 is 0 Å². The normalized spacial score (nSPS) is 12.0. The highest BCUT2D eigenvalue weighted by atomic mass is 16.6. The second-order valence-electron chi connectivity index (χ2n) is 6.76. The molecular weight excluding hydrogens is 354 g/mol. The lowest BCUT2D eigenvalue weighted by Gasteiger charge is -2.21. The first-order valence-corrected chi connectivity index (χ1v) is 9.87. The average molecular weight is 383 g/mol. The van der Waals surface area contributed by atoms with Crippen molar-refractivity contribution < 1.29 is 9.72 Å². The van der Waals surface area contributed by atoms with Gasteiger partial charge in [-0.2, -0.15) is 0 Å². The molecule has 0 saturated carbocycles. The molecule has 0 radical (unpaired) electrons. The number of nitrogens with one attached hydrogen (secondary N) is 1. The van der Waals surface area contributed by atoms with E-state index in [0.29, 0.717) is 5.56 Å². The lowest BCUT2D eigenvalue weighted by molar-refractivity contribution is -0.384. The second-order valence-corrected chi connectivity index (χ2v) is 6.76. The topological polar surface area (TPSA) is 75.5 Å². The molecule has 1 N–H and O–H groups in total. The molecule has 150 valence electrons. The quantitative estimate of drug-likeness (QED) is 0.350. The zero-order valence-electron chi connectivity index (χ0n) is 16.6. The van der Waals surface area contributed by atoms with E-state index in [1.165, 1.54) is 24.3 Å². The van der Waals surface area contributed by atoms with Crippen molar-refractivity contribution >= 4 is 11.6 Å². The highest BCUT2D eigenvalue weighted by Gasteiger charge is 2.16. The Hall–Kier alpha value is -2.73. The van der Waals surface area contributed by atoms with Crippen LogP contribution in [0.25, 0.3) is 0 Å². The maximum atomic E-state index is 12.7. The van der Waals surface area contributed by atoms with Gasteiger partial charge in [0.2, 0.25) is 0 Å². The van der Waals surface area contributed by atoms with Crippen LogP contribution in [-0.4, -0.2) is 35.4 Å². The molecule has 2 aromatic carbocycles. The molecule has 0 aliphatic carbocycles. The predicted molar refractivity (Wildman–Crippen MR) is 111 cm³/mol. The Morgan fingerprint density at radius 3 is 2.25 bits per heavy atom. The summed E-state index contributed by atoms with van der Waals surface area (Å²) < 4.78 is 0. The molecule has 2 aromatic rings. The van der Waals surface area contributed by atoms with Crippen molar-refractivity contribution in [1.82, 2.24) is 10.2 Å². The number of amides is 1. The van der Waals surface area contributed by atoms with Crippen molar-refractivity contribution in [1.29, 1.82) is 0 Å². The number of unbranched alkanes of at least 4 members (excludes halogenated alkanes) is 1. The second kappa shape index (κ2) is 11.2. The number of nitro benzene ring substituents is 1. The van der Waals surface area contributed by atoms with Crippen LogP contribution in [0, 0.1) is 10.1 Å². The number of carbonyl (C=O) groups excluding carboxylic acids is 1. The van der Waals surface area contributed by atoms with E-state index in [2.05, 4.69) is 24.1 Å². The minimum atomic E-state index is -0.468. The van der Waals surface area contributed by atoms with Gasteiger partial charge in [-0.3, -0.25) is 14.9 Å². The lowest BCUT2D eigenvalue weighted by atomic mass is 10.00. The van der Waals surface area contributed by atoms with Crippen LogP contribution in [0.1, 0.15) is 55.1 Å². The van der Waals surface area contributed by atoms with Crippen LogP contribution in [0.5, 0.6) is 0 Å². The van der Waals surface area contributed by atoms with Gasteiger partial charge in [0.1, 0.15) is 0 Å². The fraction of sp³-hybridized carbons (Fsp3) is 0.409. The van der Waals surface area contributed by atoms with Gasteiger partial charge in [0.05, 0.1) is 11.0 Å². The maximum absolute atomic E-state index is 12.7. The number of nitrogens with zero attached hydrogens (tertiary/aromatic N) is 2. The predicted octanol–water partition coefficient (Wildman–Crippen LogP) is 4.58. The van der Waals surface area contributed by atoms with Crippen molar-refractivity contribution in [3.63, 3.8) is 0 Å². The van der Waals surface area contributed by atoms with Gasteiger partial charge in [0.25, 0.3) is 11.6 Å². The van der Waals surface area contributed by atoms with E-state index in [0.717, 1.165) is 44.5 Å². The van der Waals surface area contributed by atoms with Crippen molar-refractivity contribution in [3.05, 3.63) is 75.8 Å². The van der Waals surface area contributed by atoms with E-state index in [9.17, 15) is 14.9 Å². The number of non-ortho nitro benzene ring substituents is 1.